The lowest BCUT2D eigenvalue weighted by Crippen LogP contribution is -2.06. The number of allylic oxidation sites excluding steroid dienone is 3. The van der Waals surface area contributed by atoms with Gasteiger partial charge in [0, 0.05) is 0 Å². The van der Waals surface area contributed by atoms with Gasteiger partial charge in [-0.3, -0.25) is 0 Å². The minimum atomic E-state index is 0.108. The Balaban J connectivity index is 3.60. The molecular formula is C9H15Cl. The van der Waals surface area contributed by atoms with Crippen molar-refractivity contribution in [3.05, 3.63) is 24.8 Å². The fraction of sp³-hybridized carbons (Fsp3) is 0.556. The average Bonchev–Trinajstić information content (AvgIpc) is 1.98. The fourth-order valence-electron chi connectivity index (χ4n) is 0.713. The predicted octanol–water partition coefficient (Wildman–Crippen LogP) is 3.38. The summed E-state index contributed by atoms with van der Waals surface area (Å²) >= 11 is 5.90. The third-order valence-corrected chi connectivity index (χ3v) is 2.12. The molecule has 2 atom stereocenters. The highest BCUT2D eigenvalue weighted by molar-refractivity contribution is 6.21. The molecule has 0 rings (SSSR count). The molecule has 0 nitrogen and oxygen atoms in total. The number of hydrogen-bond acceptors (Lipinski definition) is 0. The van der Waals surface area contributed by atoms with E-state index in [4.69, 9.17) is 11.6 Å². The first kappa shape index (κ1) is 9.77. The fourth-order valence-corrected chi connectivity index (χ4v) is 0.816. The van der Waals surface area contributed by atoms with Crippen LogP contribution in [-0.2, 0) is 0 Å². The van der Waals surface area contributed by atoms with Crippen LogP contribution in [0.1, 0.15) is 20.3 Å². The molecule has 2 unspecified atom stereocenters. The molecule has 0 fully saturated rings. The van der Waals surface area contributed by atoms with E-state index in [1.165, 1.54) is 0 Å². The Morgan fingerprint density at radius 1 is 1.60 bits per heavy atom. The molecule has 1 heteroatoms. The summed E-state index contributed by atoms with van der Waals surface area (Å²) in [6.45, 7) is 7.78. The third kappa shape index (κ3) is 3.73. The Hall–Kier alpha value is -0.230. The maximum Gasteiger partial charge on any atom is 0.0541 e. The van der Waals surface area contributed by atoms with Crippen molar-refractivity contribution >= 4 is 11.6 Å². The molecule has 58 valence electrons. The summed E-state index contributed by atoms with van der Waals surface area (Å²) in [5.41, 5.74) is 0. The summed E-state index contributed by atoms with van der Waals surface area (Å²) in [6.07, 6.45) is 7.00. The van der Waals surface area contributed by atoms with Gasteiger partial charge in [0.05, 0.1) is 5.38 Å². The molecule has 0 radical (unpaired) electrons. The maximum absolute atomic E-state index is 5.90. The molecule has 0 aromatic rings. The molecule has 0 aromatic heterocycles. The predicted molar refractivity (Wildman–Crippen MR) is 48.4 cm³/mol. The van der Waals surface area contributed by atoms with Crippen molar-refractivity contribution in [3.8, 4) is 0 Å². The highest BCUT2D eigenvalue weighted by Gasteiger charge is 2.07. The summed E-state index contributed by atoms with van der Waals surface area (Å²) in [4.78, 5) is 0. The van der Waals surface area contributed by atoms with Crippen molar-refractivity contribution < 1.29 is 0 Å². The molecule has 0 N–H and O–H groups in total. The zero-order valence-corrected chi connectivity index (χ0v) is 7.43. The van der Waals surface area contributed by atoms with Crippen LogP contribution in [0, 0.1) is 5.92 Å². The first-order valence-electron chi connectivity index (χ1n) is 3.60. The van der Waals surface area contributed by atoms with Gasteiger partial charge in [-0.15, -0.1) is 18.2 Å². The molecule has 0 aliphatic rings. The number of hydrogen-bond donors (Lipinski definition) is 0. The normalized spacial score (nSPS) is 17.1. The van der Waals surface area contributed by atoms with Crippen LogP contribution in [0.3, 0.4) is 0 Å². The minimum Gasteiger partial charge on any atom is -0.118 e. The largest absolute Gasteiger partial charge is 0.118 e. The molecule has 0 heterocycles. The monoisotopic (exact) mass is 158 g/mol. The molecule has 10 heavy (non-hydrogen) atoms. The van der Waals surface area contributed by atoms with Crippen LogP contribution in [0.25, 0.3) is 0 Å². The average molecular weight is 159 g/mol. The quantitative estimate of drug-likeness (QED) is 0.435. The van der Waals surface area contributed by atoms with Gasteiger partial charge in [-0.2, -0.15) is 0 Å². The molecule has 0 aliphatic carbocycles. The summed E-state index contributed by atoms with van der Waals surface area (Å²) in [5, 5.41) is 0.108. The molecule has 0 bridgehead atoms. The molecule has 0 aromatic carbocycles. The summed E-state index contributed by atoms with van der Waals surface area (Å²) < 4.78 is 0. The second-order valence-electron chi connectivity index (χ2n) is 2.46. The molecule has 0 spiro atoms. The highest BCUT2D eigenvalue weighted by atomic mass is 35.5. The van der Waals surface area contributed by atoms with E-state index >= 15 is 0 Å². The van der Waals surface area contributed by atoms with E-state index in [0.29, 0.717) is 5.92 Å². The van der Waals surface area contributed by atoms with Gasteiger partial charge in [0.25, 0.3) is 0 Å². The molecular weight excluding hydrogens is 144 g/mol. The van der Waals surface area contributed by atoms with Gasteiger partial charge in [0.1, 0.15) is 0 Å². The Morgan fingerprint density at radius 2 is 2.20 bits per heavy atom. The van der Waals surface area contributed by atoms with E-state index in [1.807, 2.05) is 13.0 Å². The molecule has 0 saturated heterocycles. The van der Waals surface area contributed by atoms with Gasteiger partial charge < -0.3 is 0 Å². The molecule has 0 saturated carbocycles. The van der Waals surface area contributed by atoms with E-state index in [-0.39, 0.29) is 5.38 Å². The standard InChI is InChI=1S/C9H15Cl/c1-4-6-7-8(3)9(10)5-2/h4-6,8-9H,2,7H2,1,3H3/b6-4+. The van der Waals surface area contributed by atoms with Crippen LogP contribution >= 0.6 is 11.6 Å². The van der Waals surface area contributed by atoms with E-state index in [9.17, 15) is 0 Å². The smallest absolute Gasteiger partial charge is 0.0541 e. The Bertz CT molecular complexity index is 116. The van der Waals surface area contributed by atoms with Gasteiger partial charge in [-0.05, 0) is 19.3 Å². The summed E-state index contributed by atoms with van der Waals surface area (Å²) in [7, 11) is 0. The van der Waals surface area contributed by atoms with Crippen molar-refractivity contribution in [2.75, 3.05) is 0 Å². The zero-order chi connectivity index (χ0) is 7.98. The lowest BCUT2D eigenvalue weighted by molar-refractivity contribution is 0.610. The van der Waals surface area contributed by atoms with E-state index in [0.717, 1.165) is 6.42 Å². The summed E-state index contributed by atoms with van der Waals surface area (Å²) in [6, 6.07) is 0. The van der Waals surface area contributed by atoms with Crippen LogP contribution in [0.2, 0.25) is 0 Å². The van der Waals surface area contributed by atoms with Crippen LogP contribution in [0.15, 0.2) is 24.8 Å². The second kappa shape index (κ2) is 5.55. The van der Waals surface area contributed by atoms with Crippen LogP contribution in [0.5, 0.6) is 0 Å². The van der Waals surface area contributed by atoms with Crippen molar-refractivity contribution in [2.24, 2.45) is 5.92 Å². The van der Waals surface area contributed by atoms with Crippen LogP contribution in [-0.4, -0.2) is 5.38 Å². The topological polar surface area (TPSA) is 0 Å². The van der Waals surface area contributed by atoms with Gasteiger partial charge in [-0.25, -0.2) is 0 Å². The van der Waals surface area contributed by atoms with E-state index in [1.54, 1.807) is 6.08 Å². The van der Waals surface area contributed by atoms with E-state index in [2.05, 4.69) is 19.6 Å². The number of rotatable bonds is 4. The number of halogens is 1. The lowest BCUT2D eigenvalue weighted by Gasteiger charge is -2.10. The first-order chi connectivity index (χ1) is 4.72. The van der Waals surface area contributed by atoms with Gasteiger partial charge in [0.15, 0.2) is 0 Å². The highest BCUT2D eigenvalue weighted by Crippen LogP contribution is 2.15. The SMILES string of the molecule is C=CC(Cl)C(C)C/C=C/C. The third-order valence-electron chi connectivity index (χ3n) is 1.51. The van der Waals surface area contributed by atoms with Gasteiger partial charge in [0.2, 0.25) is 0 Å². The van der Waals surface area contributed by atoms with Crippen molar-refractivity contribution in [1.29, 1.82) is 0 Å². The number of alkyl halides is 1. The van der Waals surface area contributed by atoms with Crippen molar-refractivity contribution in [3.63, 3.8) is 0 Å². The van der Waals surface area contributed by atoms with Crippen molar-refractivity contribution in [2.45, 2.75) is 25.6 Å². The maximum atomic E-state index is 5.90. The van der Waals surface area contributed by atoms with Crippen LogP contribution in [0.4, 0.5) is 0 Å². The molecule has 0 aliphatic heterocycles. The Labute approximate surface area is 68.6 Å². The van der Waals surface area contributed by atoms with Gasteiger partial charge >= 0.3 is 0 Å². The minimum absolute atomic E-state index is 0.108. The van der Waals surface area contributed by atoms with Gasteiger partial charge in [-0.1, -0.05) is 25.2 Å². The zero-order valence-electron chi connectivity index (χ0n) is 6.68. The first-order valence-corrected chi connectivity index (χ1v) is 4.03. The summed E-state index contributed by atoms with van der Waals surface area (Å²) in [5.74, 6) is 0.496. The second-order valence-corrected chi connectivity index (χ2v) is 2.97. The molecule has 0 amide bonds. The van der Waals surface area contributed by atoms with Crippen LogP contribution < -0.4 is 0 Å². The van der Waals surface area contributed by atoms with E-state index < -0.39 is 0 Å². The van der Waals surface area contributed by atoms with Crippen molar-refractivity contribution in [1.82, 2.24) is 0 Å². The lowest BCUT2D eigenvalue weighted by atomic mass is 10.0. The Morgan fingerprint density at radius 3 is 2.60 bits per heavy atom. The Kier molecular flexibility index (Phi) is 5.42.